The third-order valence-electron chi connectivity index (χ3n) is 6.72. The van der Waals surface area contributed by atoms with Crippen molar-refractivity contribution in [3.8, 4) is 17.2 Å². The van der Waals surface area contributed by atoms with E-state index in [0.29, 0.717) is 12.8 Å². The Morgan fingerprint density at radius 2 is 1.30 bits per heavy atom. The number of nitrogens with one attached hydrogen (secondary N) is 2. The van der Waals surface area contributed by atoms with E-state index in [1.165, 1.54) is 11.6 Å². The van der Waals surface area contributed by atoms with Crippen LogP contribution in [0, 0.1) is 0 Å². The van der Waals surface area contributed by atoms with Gasteiger partial charge in [0, 0.05) is 5.56 Å². The van der Waals surface area contributed by atoms with Gasteiger partial charge in [0.1, 0.15) is 5.75 Å². The van der Waals surface area contributed by atoms with Crippen molar-refractivity contribution >= 4 is 0 Å². The normalized spacial score (nSPS) is 12.0. The molecule has 0 aliphatic heterocycles. The van der Waals surface area contributed by atoms with Crippen LogP contribution in [0.15, 0.2) is 66.7 Å². The molecule has 0 saturated carbocycles. The van der Waals surface area contributed by atoms with Gasteiger partial charge in [0.2, 0.25) is 0 Å². The van der Waals surface area contributed by atoms with Gasteiger partial charge in [0.05, 0.1) is 6.10 Å². The van der Waals surface area contributed by atoms with E-state index >= 15 is 0 Å². The fraction of sp³-hybridized carbons (Fsp3) is 0.419. The maximum atomic E-state index is 10.4. The smallest absolute Gasteiger partial charge is 0.160 e. The van der Waals surface area contributed by atoms with Gasteiger partial charge in [-0.15, -0.1) is 0 Å². The van der Waals surface area contributed by atoms with Crippen molar-refractivity contribution in [2.75, 3.05) is 26.2 Å². The van der Waals surface area contributed by atoms with Gasteiger partial charge in [-0.3, -0.25) is 0 Å². The second-order valence-corrected chi connectivity index (χ2v) is 9.66. The lowest BCUT2D eigenvalue weighted by Crippen LogP contribution is -2.22. The minimum absolute atomic E-state index is 0.0599. The zero-order valence-electron chi connectivity index (χ0n) is 21.7. The first-order chi connectivity index (χ1) is 18.0. The molecule has 1 atom stereocenters. The maximum absolute atomic E-state index is 10.4. The number of benzene rings is 3. The Kier molecular flexibility index (Phi) is 12.3. The van der Waals surface area contributed by atoms with E-state index in [1.807, 2.05) is 18.2 Å². The van der Waals surface area contributed by atoms with Gasteiger partial charge >= 0.3 is 0 Å². The highest BCUT2D eigenvalue weighted by molar-refractivity contribution is 5.49. The number of phenolic OH excluding ortho intramolecular Hbond substituents is 3. The number of aliphatic hydroxyl groups is 1. The number of rotatable bonds is 17. The number of phenols is 3. The van der Waals surface area contributed by atoms with Gasteiger partial charge in [-0.1, -0.05) is 48.5 Å². The second-order valence-electron chi connectivity index (χ2n) is 9.66. The van der Waals surface area contributed by atoms with Gasteiger partial charge in [-0.2, -0.15) is 0 Å². The molecule has 37 heavy (non-hydrogen) atoms. The quantitative estimate of drug-likeness (QED) is 0.119. The number of aromatic hydroxyl groups is 3. The Balaban J connectivity index is 1.28. The number of aliphatic hydroxyl groups excluding tert-OH is 1. The number of aryl methyl sites for hydroxylation is 1. The fourth-order valence-corrected chi connectivity index (χ4v) is 4.58. The van der Waals surface area contributed by atoms with Crippen LogP contribution >= 0.6 is 0 Å². The van der Waals surface area contributed by atoms with Crippen LogP contribution in [0.1, 0.15) is 47.9 Å². The van der Waals surface area contributed by atoms with E-state index in [4.69, 9.17) is 0 Å². The summed E-state index contributed by atoms with van der Waals surface area (Å²) in [5.41, 5.74) is 4.07. The molecule has 0 aliphatic carbocycles. The van der Waals surface area contributed by atoms with Gasteiger partial charge in [0.25, 0.3) is 0 Å². The average molecular weight is 507 g/mol. The summed E-state index contributed by atoms with van der Waals surface area (Å²) in [6.07, 6.45) is 6.21. The molecule has 0 saturated heterocycles. The van der Waals surface area contributed by atoms with Crippen LogP contribution in [-0.4, -0.2) is 52.7 Å². The van der Waals surface area contributed by atoms with Crippen LogP contribution < -0.4 is 10.6 Å². The monoisotopic (exact) mass is 506 g/mol. The van der Waals surface area contributed by atoms with Crippen molar-refractivity contribution in [2.24, 2.45) is 0 Å². The molecule has 0 bridgehead atoms. The minimum atomic E-state index is -0.268. The highest BCUT2D eigenvalue weighted by Crippen LogP contribution is 2.32. The summed E-state index contributed by atoms with van der Waals surface area (Å²) in [4.78, 5) is 0. The molecular weight excluding hydrogens is 464 g/mol. The summed E-state index contributed by atoms with van der Waals surface area (Å²) >= 11 is 0. The van der Waals surface area contributed by atoms with Crippen LogP contribution in [-0.2, 0) is 25.7 Å². The summed E-state index contributed by atoms with van der Waals surface area (Å²) < 4.78 is 0. The van der Waals surface area contributed by atoms with E-state index in [0.717, 1.165) is 81.4 Å². The van der Waals surface area contributed by atoms with Crippen molar-refractivity contribution in [1.82, 2.24) is 10.6 Å². The standard InChI is InChI=1S/C31H42N2O4/c34-27(11-5-19-32-21-17-24-7-2-1-3-8-24)12-6-20-33-22-18-26-14-16-30(36)31(37)29(26)15-13-25-9-4-10-28(35)23-25/h1-4,7-10,14,16,23,27,32-37H,5-6,11-13,15,17-22H2. The lowest BCUT2D eigenvalue weighted by Gasteiger charge is -2.14. The summed E-state index contributed by atoms with van der Waals surface area (Å²) in [5.74, 6) is 0.0565. The lowest BCUT2D eigenvalue weighted by atomic mass is 9.96. The van der Waals surface area contributed by atoms with E-state index in [9.17, 15) is 20.4 Å². The van der Waals surface area contributed by atoms with Crippen molar-refractivity contribution < 1.29 is 20.4 Å². The van der Waals surface area contributed by atoms with Crippen molar-refractivity contribution in [2.45, 2.75) is 57.5 Å². The first kappa shape index (κ1) is 28.5. The van der Waals surface area contributed by atoms with E-state index in [1.54, 1.807) is 18.2 Å². The fourth-order valence-electron chi connectivity index (χ4n) is 4.58. The first-order valence-corrected chi connectivity index (χ1v) is 13.5. The SMILES string of the molecule is Oc1cccc(CCc2c(CCNCCCC(O)CCCNCCc3ccccc3)ccc(O)c2O)c1. The topological polar surface area (TPSA) is 105 Å². The summed E-state index contributed by atoms with van der Waals surface area (Å²) in [7, 11) is 0. The zero-order valence-corrected chi connectivity index (χ0v) is 21.7. The van der Waals surface area contributed by atoms with E-state index in [-0.39, 0.29) is 23.4 Å². The third-order valence-corrected chi connectivity index (χ3v) is 6.72. The highest BCUT2D eigenvalue weighted by atomic mass is 16.3. The summed E-state index contributed by atoms with van der Waals surface area (Å²) in [5, 5.41) is 47.2. The summed E-state index contributed by atoms with van der Waals surface area (Å²) in [6, 6.07) is 21.0. The Labute approximate surface area is 221 Å². The molecule has 200 valence electrons. The van der Waals surface area contributed by atoms with Crippen LogP contribution in [0.2, 0.25) is 0 Å². The van der Waals surface area contributed by atoms with Gasteiger partial charge < -0.3 is 31.1 Å². The minimum Gasteiger partial charge on any atom is -0.508 e. The highest BCUT2D eigenvalue weighted by Gasteiger charge is 2.13. The molecule has 0 aliphatic rings. The van der Waals surface area contributed by atoms with E-state index in [2.05, 4.69) is 34.9 Å². The van der Waals surface area contributed by atoms with Gasteiger partial charge in [0.15, 0.2) is 11.5 Å². The molecule has 1 unspecified atom stereocenters. The predicted octanol–water partition coefficient (Wildman–Crippen LogP) is 4.47. The van der Waals surface area contributed by atoms with Crippen LogP contribution in [0.3, 0.4) is 0 Å². The third kappa shape index (κ3) is 10.4. The molecular formula is C31H42N2O4. The molecule has 0 radical (unpaired) electrons. The molecule has 6 heteroatoms. The van der Waals surface area contributed by atoms with Crippen LogP contribution in [0.25, 0.3) is 0 Å². The first-order valence-electron chi connectivity index (χ1n) is 13.5. The maximum Gasteiger partial charge on any atom is 0.160 e. The largest absolute Gasteiger partial charge is 0.508 e. The summed E-state index contributed by atoms with van der Waals surface area (Å²) in [6.45, 7) is 3.47. The second kappa shape index (κ2) is 15.9. The predicted molar refractivity (Wildman–Crippen MR) is 149 cm³/mol. The number of hydrogen-bond donors (Lipinski definition) is 6. The Morgan fingerprint density at radius 3 is 2.00 bits per heavy atom. The molecule has 6 nitrogen and oxygen atoms in total. The molecule has 0 fully saturated rings. The average Bonchev–Trinajstić information content (AvgIpc) is 2.90. The van der Waals surface area contributed by atoms with Crippen molar-refractivity contribution in [1.29, 1.82) is 0 Å². The molecule has 0 aromatic heterocycles. The number of hydrogen-bond acceptors (Lipinski definition) is 6. The molecule has 3 aromatic carbocycles. The Bertz CT molecular complexity index is 1060. The molecule has 0 amide bonds. The van der Waals surface area contributed by atoms with Crippen LogP contribution in [0.4, 0.5) is 0 Å². The van der Waals surface area contributed by atoms with Gasteiger partial charge in [-0.05, 0) is 112 Å². The molecule has 6 N–H and O–H groups in total. The molecule has 0 spiro atoms. The molecule has 3 rings (SSSR count). The van der Waals surface area contributed by atoms with E-state index < -0.39 is 0 Å². The Hall–Kier alpha value is -3.06. The zero-order chi connectivity index (χ0) is 26.3. The lowest BCUT2D eigenvalue weighted by molar-refractivity contribution is 0.149. The van der Waals surface area contributed by atoms with Crippen molar-refractivity contribution in [3.63, 3.8) is 0 Å². The molecule has 0 heterocycles. The van der Waals surface area contributed by atoms with Crippen LogP contribution in [0.5, 0.6) is 17.2 Å². The Morgan fingerprint density at radius 1 is 0.622 bits per heavy atom. The van der Waals surface area contributed by atoms with Gasteiger partial charge in [-0.25, -0.2) is 0 Å². The molecule has 3 aromatic rings. The van der Waals surface area contributed by atoms with Crippen molar-refractivity contribution in [3.05, 3.63) is 89.0 Å².